The van der Waals surface area contributed by atoms with Gasteiger partial charge >= 0.3 is 0 Å². The van der Waals surface area contributed by atoms with Crippen LogP contribution in [0.5, 0.6) is 0 Å². The smallest absolute Gasteiger partial charge is 0.290 e. The molecule has 1 N–H and O–H groups in total. The molecule has 2 nitrogen and oxygen atoms in total. The Hall–Kier alpha value is -1.31. The van der Waals surface area contributed by atoms with Crippen LogP contribution in [0.1, 0.15) is 32.6 Å². The minimum Gasteiger partial charge on any atom is -0.483 e. The number of rotatable bonds is 1. The summed E-state index contributed by atoms with van der Waals surface area (Å²) in [7, 11) is 0. The third-order valence-corrected chi connectivity index (χ3v) is 2.47. The summed E-state index contributed by atoms with van der Waals surface area (Å²) >= 11 is 0. The predicted molar refractivity (Wildman–Crippen MR) is 62.8 cm³/mol. The molecule has 1 aliphatic carbocycles. The minimum atomic E-state index is -0.250. The van der Waals surface area contributed by atoms with Crippen molar-refractivity contribution in [1.82, 2.24) is 0 Å². The Morgan fingerprint density at radius 1 is 1.13 bits per heavy atom. The maximum atomic E-state index is 8.36. The van der Waals surface area contributed by atoms with Gasteiger partial charge in [0.1, 0.15) is 0 Å². The highest BCUT2D eigenvalue weighted by atomic mass is 16.3. The van der Waals surface area contributed by atoms with Gasteiger partial charge in [-0.05, 0) is 5.92 Å². The van der Waals surface area contributed by atoms with Crippen LogP contribution in [-0.2, 0) is 4.79 Å². The van der Waals surface area contributed by atoms with Crippen molar-refractivity contribution in [2.24, 2.45) is 5.92 Å². The molecule has 2 heteroatoms. The number of hydrogen-bond donors (Lipinski definition) is 1. The molecule has 1 aliphatic rings. The van der Waals surface area contributed by atoms with Crippen LogP contribution in [0.15, 0.2) is 36.4 Å². The Labute approximate surface area is 91.9 Å². The zero-order valence-electron chi connectivity index (χ0n) is 9.30. The van der Waals surface area contributed by atoms with E-state index in [0.29, 0.717) is 0 Å². The molecule has 0 radical (unpaired) electrons. The minimum absolute atomic E-state index is 0.250. The van der Waals surface area contributed by atoms with E-state index in [0.717, 1.165) is 5.92 Å². The normalized spacial score (nSPS) is 13.4. The lowest BCUT2D eigenvalue weighted by molar-refractivity contribution is -0.122. The van der Waals surface area contributed by atoms with Crippen molar-refractivity contribution in [2.75, 3.05) is 0 Å². The molecule has 15 heavy (non-hydrogen) atoms. The van der Waals surface area contributed by atoms with Crippen molar-refractivity contribution in [3.8, 4) is 0 Å². The lowest BCUT2D eigenvalue weighted by Crippen LogP contribution is -2.08. The van der Waals surface area contributed by atoms with Crippen molar-refractivity contribution in [3.63, 3.8) is 0 Å². The van der Waals surface area contributed by atoms with Gasteiger partial charge < -0.3 is 5.11 Å². The Morgan fingerprint density at radius 3 is 1.53 bits per heavy atom. The molecule has 0 spiro atoms. The third kappa shape index (κ3) is 9.01. The first-order valence-corrected chi connectivity index (χ1v) is 5.43. The van der Waals surface area contributed by atoms with E-state index in [9.17, 15) is 0 Å². The number of hydrogen-bond acceptors (Lipinski definition) is 1. The van der Waals surface area contributed by atoms with Crippen LogP contribution in [0.25, 0.3) is 0 Å². The maximum Gasteiger partial charge on any atom is 0.290 e. The van der Waals surface area contributed by atoms with Gasteiger partial charge in [-0.1, -0.05) is 69.0 Å². The van der Waals surface area contributed by atoms with Crippen LogP contribution >= 0.6 is 0 Å². The van der Waals surface area contributed by atoms with E-state index in [1.165, 1.54) is 25.7 Å². The summed E-state index contributed by atoms with van der Waals surface area (Å²) < 4.78 is 0. The molecule has 2 rings (SSSR count). The first-order chi connectivity index (χ1) is 7.35. The molecule has 0 unspecified atom stereocenters. The Balaban J connectivity index is 0.000000210. The quantitative estimate of drug-likeness (QED) is 0.716. The average molecular weight is 208 g/mol. The lowest BCUT2D eigenvalue weighted by Gasteiger charge is -2.22. The molecule has 0 bridgehead atoms. The highest BCUT2D eigenvalue weighted by Gasteiger charge is 2.13. The van der Waals surface area contributed by atoms with E-state index in [4.69, 9.17) is 9.90 Å². The van der Waals surface area contributed by atoms with Gasteiger partial charge in [-0.15, -0.1) is 0 Å². The van der Waals surface area contributed by atoms with E-state index in [1.54, 1.807) is 0 Å². The van der Waals surface area contributed by atoms with Crippen LogP contribution < -0.4 is 0 Å². The molecule has 1 saturated carbocycles. The van der Waals surface area contributed by atoms with Gasteiger partial charge in [0, 0.05) is 0 Å². The molecule has 0 heterocycles. The van der Waals surface area contributed by atoms with Crippen LogP contribution in [0.2, 0.25) is 0 Å². The summed E-state index contributed by atoms with van der Waals surface area (Å²) in [4.78, 5) is 8.36. The highest BCUT2D eigenvalue weighted by molar-refractivity contribution is 5.32. The molecule has 1 fully saturated rings. The van der Waals surface area contributed by atoms with E-state index in [2.05, 4.69) is 6.92 Å². The van der Waals surface area contributed by atoms with Crippen LogP contribution in [0.4, 0.5) is 0 Å². The van der Waals surface area contributed by atoms with Crippen LogP contribution in [0.3, 0.4) is 0 Å². The van der Waals surface area contributed by atoms with Gasteiger partial charge in [0.15, 0.2) is 0 Å². The fraction of sp³-hybridized carbons (Fsp3) is 0.462. The molecule has 1 aromatic carbocycles. The second-order valence-electron chi connectivity index (χ2n) is 3.47. The van der Waals surface area contributed by atoms with E-state index >= 15 is 0 Å². The van der Waals surface area contributed by atoms with E-state index in [1.807, 2.05) is 36.4 Å². The first kappa shape index (κ1) is 13.7. The van der Waals surface area contributed by atoms with Gasteiger partial charge in [0.25, 0.3) is 6.47 Å². The molecule has 0 aliphatic heterocycles. The summed E-state index contributed by atoms with van der Waals surface area (Å²) in [6, 6.07) is 12.0. The van der Waals surface area contributed by atoms with Gasteiger partial charge in [-0.25, -0.2) is 0 Å². The monoisotopic (exact) mass is 208 g/mol. The second-order valence-corrected chi connectivity index (χ2v) is 3.47. The standard InChI is InChI=1S/C6H12.C6H6.CH2O2/c1-2-6-4-3-5-6;1-2-4-6-5-3-1;2-1-3/h6H,2-5H2,1H3;1-6H;1H,(H,2,3). The number of carbonyl (C=O) groups is 1. The van der Waals surface area contributed by atoms with Gasteiger partial charge in [-0.3, -0.25) is 4.79 Å². The molecule has 0 atom stereocenters. The van der Waals surface area contributed by atoms with Crippen LogP contribution in [-0.4, -0.2) is 11.6 Å². The van der Waals surface area contributed by atoms with Gasteiger partial charge in [0.2, 0.25) is 0 Å². The van der Waals surface area contributed by atoms with E-state index < -0.39 is 0 Å². The van der Waals surface area contributed by atoms with E-state index in [-0.39, 0.29) is 6.47 Å². The maximum absolute atomic E-state index is 8.36. The molecule has 0 amide bonds. The average Bonchev–Trinajstić information content (AvgIpc) is 2.21. The molecular weight excluding hydrogens is 188 g/mol. The lowest BCUT2D eigenvalue weighted by atomic mass is 9.84. The van der Waals surface area contributed by atoms with Crippen molar-refractivity contribution < 1.29 is 9.90 Å². The fourth-order valence-corrected chi connectivity index (χ4v) is 1.29. The van der Waals surface area contributed by atoms with Crippen LogP contribution in [0, 0.1) is 5.92 Å². The van der Waals surface area contributed by atoms with Crippen molar-refractivity contribution in [2.45, 2.75) is 32.6 Å². The van der Waals surface area contributed by atoms with Crippen molar-refractivity contribution >= 4 is 6.47 Å². The topological polar surface area (TPSA) is 37.3 Å². The SMILES string of the molecule is CCC1CCC1.O=CO.c1ccccc1. The Bertz CT molecular complexity index is 188. The summed E-state index contributed by atoms with van der Waals surface area (Å²) in [5, 5.41) is 6.89. The molecule has 0 saturated heterocycles. The summed E-state index contributed by atoms with van der Waals surface area (Å²) in [6.45, 7) is 2.03. The molecular formula is C13H20O2. The summed E-state index contributed by atoms with van der Waals surface area (Å²) in [6.07, 6.45) is 5.94. The Morgan fingerprint density at radius 2 is 1.47 bits per heavy atom. The second kappa shape index (κ2) is 10.8. The Kier molecular flexibility index (Phi) is 9.83. The summed E-state index contributed by atoms with van der Waals surface area (Å²) in [5.74, 6) is 1.12. The summed E-state index contributed by atoms with van der Waals surface area (Å²) in [5.41, 5.74) is 0. The largest absolute Gasteiger partial charge is 0.483 e. The molecule has 1 aromatic rings. The van der Waals surface area contributed by atoms with Gasteiger partial charge in [0.05, 0.1) is 0 Å². The molecule has 0 aromatic heterocycles. The van der Waals surface area contributed by atoms with Crippen molar-refractivity contribution in [3.05, 3.63) is 36.4 Å². The highest BCUT2D eigenvalue weighted by Crippen LogP contribution is 2.28. The number of carboxylic acid groups (broad SMARTS) is 1. The third-order valence-electron chi connectivity index (χ3n) is 2.47. The molecule has 84 valence electrons. The van der Waals surface area contributed by atoms with Gasteiger partial charge in [-0.2, -0.15) is 0 Å². The number of benzene rings is 1. The zero-order valence-corrected chi connectivity index (χ0v) is 9.30. The van der Waals surface area contributed by atoms with Crippen molar-refractivity contribution in [1.29, 1.82) is 0 Å². The fourth-order valence-electron chi connectivity index (χ4n) is 1.29. The first-order valence-electron chi connectivity index (χ1n) is 5.43. The predicted octanol–water partition coefficient (Wildman–Crippen LogP) is 3.58. The zero-order chi connectivity index (χ0) is 11.4.